The quantitative estimate of drug-likeness (QED) is 0.530. The Balaban J connectivity index is 0. The molecule has 0 saturated carbocycles. The van der Waals surface area contributed by atoms with Gasteiger partial charge in [-0.25, -0.2) is 0 Å². The number of hydrogen-bond acceptors (Lipinski definition) is 1. The van der Waals surface area contributed by atoms with Gasteiger partial charge in [0.1, 0.15) is 0 Å². The predicted molar refractivity (Wildman–Crippen MR) is 17.6 cm³/mol. The van der Waals surface area contributed by atoms with Crippen molar-refractivity contribution in [2.45, 2.75) is 0 Å². The molecule has 0 aromatic heterocycles. The van der Waals surface area contributed by atoms with Crippen molar-refractivity contribution in [2.75, 3.05) is 0 Å². The molecule has 2 nitrogen and oxygen atoms in total. The minimum absolute atomic E-state index is 0. The zero-order valence-corrected chi connectivity index (χ0v) is 5.70. The minimum atomic E-state index is -0.0833. The molecule has 1 radical (unpaired) electrons. The van der Waals surface area contributed by atoms with Gasteiger partial charge in [0, 0.05) is 32.7 Å². The number of nitrogens with one attached hydrogen (secondary N) is 1. The van der Waals surface area contributed by atoms with E-state index in [1.165, 1.54) is 0 Å². The minimum Gasteiger partial charge on any atom is -0.495 e. The zero-order chi connectivity index (χ0) is 3.58. The van der Waals surface area contributed by atoms with Gasteiger partial charge < -0.3 is 11.5 Å². The Hall–Kier alpha value is 0.444. The molecule has 0 heterocycles. The first kappa shape index (κ1) is 9.06. The van der Waals surface area contributed by atoms with E-state index in [2.05, 4.69) is 12.3 Å². The molecule has 0 saturated heterocycles. The van der Waals surface area contributed by atoms with Gasteiger partial charge in [0.2, 0.25) is 0 Å². The Morgan fingerprint density at radius 2 is 1.80 bits per heavy atom. The smallest absolute Gasteiger partial charge is 0 e. The average molecular weight is 146 g/mol. The Labute approximate surface area is 56.5 Å². The van der Waals surface area contributed by atoms with E-state index in [9.17, 15) is 0 Å². The van der Waals surface area contributed by atoms with Crippen molar-refractivity contribution in [2.24, 2.45) is 5.73 Å². The fourth-order valence-electron chi connectivity index (χ4n) is 0. The van der Waals surface area contributed by atoms with Crippen LogP contribution in [-0.4, -0.2) is 0 Å². The van der Waals surface area contributed by atoms with E-state index in [4.69, 9.17) is 5.73 Å². The molecule has 0 bridgehead atoms. The van der Waals surface area contributed by atoms with E-state index in [0.717, 1.165) is 0 Å². The van der Waals surface area contributed by atoms with Crippen molar-refractivity contribution in [3.63, 3.8) is 0 Å². The van der Waals surface area contributed by atoms with Gasteiger partial charge in [-0.1, -0.05) is 5.82 Å². The molecular weight excluding hydrogens is 141 g/mol. The maximum Gasteiger partial charge on any atom is 0 e. The summed E-state index contributed by atoms with van der Waals surface area (Å²) >= 11 is 0. The monoisotopic (exact) mass is 146 g/mol. The Morgan fingerprint density at radius 1 is 1.80 bits per heavy atom. The maximum atomic E-state index is 6.17. The maximum absolute atomic E-state index is 6.17. The van der Waals surface area contributed by atoms with Crippen LogP contribution in [0.1, 0.15) is 0 Å². The van der Waals surface area contributed by atoms with Crippen LogP contribution in [0.25, 0.3) is 5.73 Å². The van der Waals surface area contributed by atoms with Gasteiger partial charge in [0.25, 0.3) is 0 Å². The summed E-state index contributed by atoms with van der Waals surface area (Å²) in [6.07, 6.45) is 0. The standard InChI is InChI=1S/C2H5N2.Y/c1-2(3)4;/h3H,1,4H2;/q-1;. The molecule has 0 aliphatic rings. The van der Waals surface area contributed by atoms with Gasteiger partial charge in [-0.15, -0.1) is 6.58 Å². The Kier molecular flexibility index (Phi) is 8.06. The second-order valence-corrected chi connectivity index (χ2v) is 0.525. The summed E-state index contributed by atoms with van der Waals surface area (Å²) in [7, 11) is 0. The first-order valence-electron chi connectivity index (χ1n) is 0.892. The third-order valence-corrected chi connectivity index (χ3v) is 0. The molecule has 3 heteroatoms. The Morgan fingerprint density at radius 3 is 1.80 bits per heavy atom. The first-order valence-corrected chi connectivity index (χ1v) is 0.892. The third kappa shape index (κ3) is 135. The molecule has 0 aliphatic heterocycles. The van der Waals surface area contributed by atoms with Crippen molar-refractivity contribution in [1.82, 2.24) is 0 Å². The molecule has 27 valence electrons. The second kappa shape index (κ2) is 4.44. The van der Waals surface area contributed by atoms with Gasteiger partial charge in [-0.3, -0.25) is 0 Å². The summed E-state index contributed by atoms with van der Waals surface area (Å²) in [5, 5.41) is 0. The van der Waals surface area contributed by atoms with Gasteiger partial charge in [-0.05, 0) is 0 Å². The summed E-state index contributed by atoms with van der Waals surface area (Å²) in [5.41, 5.74) is 10.8. The van der Waals surface area contributed by atoms with E-state index in [-0.39, 0.29) is 38.5 Å². The molecule has 0 amide bonds. The summed E-state index contributed by atoms with van der Waals surface area (Å²) in [5.74, 6) is -0.0833. The summed E-state index contributed by atoms with van der Waals surface area (Å²) in [6, 6.07) is 0. The fraction of sp³-hybridized carbons (Fsp3) is 0. The first-order chi connectivity index (χ1) is 1.73. The van der Waals surface area contributed by atoms with Crippen LogP contribution in [0.5, 0.6) is 0 Å². The van der Waals surface area contributed by atoms with Crippen LogP contribution >= 0.6 is 0 Å². The number of hydrogen-bond donors (Lipinski definition) is 1. The second-order valence-electron chi connectivity index (χ2n) is 0.525. The van der Waals surface area contributed by atoms with Crippen molar-refractivity contribution in [3.8, 4) is 0 Å². The Bertz CT molecular complexity index is 30.6. The van der Waals surface area contributed by atoms with E-state index in [0.29, 0.717) is 0 Å². The van der Waals surface area contributed by atoms with Crippen LogP contribution in [0.3, 0.4) is 0 Å². The van der Waals surface area contributed by atoms with Crippen LogP contribution in [0, 0.1) is 0 Å². The molecular formula is C2H5N2Y-. The van der Waals surface area contributed by atoms with E-state index in [1.54, 1.807) is 0 Å². The fourth-order valence-corrected chi connectivity index (χ4v) is 0. The van der Waals surface area contributed by atoms with Gasteiger partial charge in [0.15, 0.2) is 0 Å². The van der Waals surface area contributed by atoms with Crippen LogP contribution in [0.4, 0.5) is 0 Å². The molecule has 0 fully saturated rings. The number of rotatable bonds is 0. The van der Waals surface area contributed by atoms with Crippen molar-refractivity contribution >= 4 is 0 Å². The van der Waals surface area contributed by atoms with Gasteiger partial charge in [0.05, 0.1) is 0 Å². The summed E-state index contributed by atoms with van der Waals surface area (Å²) in [6.45, 7) is 3.00. The van der Waals surface area contributed by atoms with Crippen LogP contribution in [-0.2, 0) is 32.7 Å². The van der Waals surface area contributed by atoms with Crippen molar-refractivity contribution in [1.29, 1.82) is 0 Å². The number of nitrogens with two attached hydrogens (primary N) is 1. The molecule has 0 spiro atoms. The van der Waals surface area contributed by atoms with Crippen LogP contribution in [0.2, 0.25) is 0 Å². The normalized spacial score (nSPS) is 4.80. The van der Waals surface area contributed by atoms with E-state index >= 15 is 0 Å². The molecule has 3 N–H and O–H groups in total. The van der Waals surface area contributed by atoms with E-state index < -0.39 is 0 Å². The molecule has 0 aromatic carbocycles. The predicted octanol–water partition coefficient (Wildman–Crippen LogP) is 0.466. The summed E-state index contributed by atoms with van der Waals surface area (Å²) < 4.78 is 0. The average Bonchev–Trinajstić information content (AvgIpc) is 0.811. The van der Waals surface area contributed by atoms with Crippen molar-refractivity contribution in [3.05, 3.63) is 18.1 Å². The largest absolute Gasteiger partial charge is 0.495 e. The topological polar surface area (TPSA) is 49.8 Å². The molecule has 0 unspecified atom stereocenters. The van der Waals surface area contributed by atoms with Crippen molar-refractivity contribution < 1.29 is 32.7 Å². The van der Waals surface area contributed by atoms with Gasteiger partial charge in [-0.2, -0.15) is 0 Å². The van der Waals surface area contributed by atoms with E-state index in [1.807, 2.05) is 0 Å². The molecule has 0 aliphatic carbocycles. The molecule has 0 atom stereocenters. The van der Waals surface area contributed by atoms with Crippen LogP contribution < -0.4 is 5.73 Å². The molecule has 5 heavy (non-hydrogen) atoms. The SMILES string of the molecule is C=C([NH-])N.[Y]. The molecule has 0 rings (SSSR count). The third-order valence-electron chi connectivity index (χ3n) is 0. The zero-order valence-electron chi connectivity index (χ0n) is 2.86. The molecule has 0 aromatic rings. The van der Waals surface area contributed by atoms with Crippen LogP contribution in [0.15, 0.2) is 12.4 Å². The van der Waals surface area contributed by atoms with Gasteiger partial charge >= 0.3 is 0 Å². The summed E-state index contributed by atoms with van der Waals surface area (Å²) in [4.78, 5) is 0.